The van der Waals surface area contributed by atoms with Crippen molar-refractivity contribution in [3.63, 3.8) is 0 Å². The van der Waals surface area contributed by atoms with Gasteiger partial charge in [-0.1, -0.05) is 33.6 Å². The maximum absolute atomic E-state index is 3.72. The largest absolute Gasteiger partial charge is 0.349 e. The Bertz CT molecular complexity index is 712. The lowest BCUT2D eigenvalue weighted by molar-refractivity contribution is 0.649. The van der Waals surface area contributed by atoms with Crippen molar-refractivity contribution in [1.82, 2.24) is 0 Å². The highest BCUT2D eigenvalue weighted by Crippen LogP contribution is 2.42. The predicted octanol–water partition coefficient (Wildman–Crippen LogP) is 4.82. The van der Waals surface area contributed by atoms with Crippen LogP contribution in [-0.4, -0.2) is 6.67 Å². The molecule has 0 amide bonds. The Labute approximate surface area is 135 Å². The van der Waals surface area contributed by atoms with Crippen molar-refractivity contribution in [3.05, 3.63) is 56.0 Å². The maximum Gasteiger partial charge on any atom is 0.0910 e. The average Bonchev–Trinajstić information content (AvgIpc) is 2.36. The summed E-state index contributed by atoms with van der Waals surface area (Å²) in [6.45, 7) is 5.10. The van der Waals surface area contributed by atoms with Gasteiger partial charge in [-0.05, 0) is 52.2 Å². The van der Waals surface area contributed by atoms with Gasteiger partial charge in [0, 0.05) is 27.7 Å². The third-order valence-corrected chi connectivity index (χ3v) is 5.13. The minimum atomic E-state index is 0.972. The van der Waals surface area contributed by atoms with Crippen LogP contribution in [0.4, 0.5) is 11.4 Å². The lowest BCUT2D eigenvalue weighted by Crippen LogP contribution is -2.46. The predicted molar refractivity (Wildman–Crippen MR) is 90.3 cm³/mol. The van der Waals surface area contributed by atoms with Crippen molar-refractivity contribution in [3.8, 4) is 0 Å². The van der Waals surface area contributed by atoms with Gasteiger partial charge >= 0.3 is 0 Å². The van der Waals surface area contributed by atoms with Crippen LogP contribution < -0.4 is 9.80 Å². The second kappa shape index (κ2) is 4.50. The van der Waals surface area contributed by atoms with Crippen molar-refractivity contribution >= 4 is 43.2 Å². The van der Waals surface area contributed by atoms with Gasteiger partial charge in [-0.15, -0.1) is 0 Å². The van der Waals surface area contributed by atoms with Crippen LogP contribution in [0.5, 0.6) is 0 Å². The summed E-state index contributed by atoms with van der Waals surface area (Å²) in [5.74, 6) is 0. The van der Waals surface area contributed by atoms with Gasteiger partial charge in [0.15, 0.2) is 0 Å². The molecule has 0 aliphatic carbocycles. The van der Waals surface area contributed by atoms with Gasteiger partial charge in [-0.3, -0.25) is 0 Å². The first kappa shape index (κ1) is 12.7. The van der Waals surface area contributed by atoms with Crippen molar-refractivity contribution in [1.29, 1.82) is 0 Å². The highest BCUT2D eigenvalue weighted by atomic mass is 79.9. The van der Waals surface area contributed by atoms with Gasteiger partial charge in [0.25, 0.3) is 0 Å². The van der Waals surface area contributed by atoms with Gasteiger partial charge < -0.3 is 9.80 Å². The van der Waals surface area contributed by atoms with E-state index in [2.05, 4.69) is 78.9 Å². The summed E-state index contributed by atoms with van der Waals surface area (Å²) >= 11 is 7.32. The molecule has 0 saturated heterocycles. The van der Waals surface area contributed by atoms with E-state index in [0.29, 0.717) is 0 Å². The molecule has 0 atom stereocenters. The van der Waals surface area contributed by atoms with Crippen LogP contribution in [0.2, 0.25) is 0 Å². The topological polar surface area (TPSA) is 6.48 Å². The highest BCUT2D eigenvalue weighted by Gasteiger charge is 2.30. The van der Waals surface area contributed by atoms with Crippen molar-refractivity contribution in [2.45, 2.75) is 20.0 Å². The van der Waals surface area contributed by atoms with Crippen LogP contribution in [0.25, 0.3) is 0 Å². The molecule has 0 fully saturated rings. The van der Waals surface area contributed by atoms with E-state index in [1.165, 1.54) is 32.5 Å². The standard InChI is InChI=1S/C16H14Br2N2/c1-10-2-3-15-11(4-10)7-20-9-19(15)8-12-5-13(17)6-14(18)16(12)20/h2-6H,7-9H2,1H3. The van der Waals surface area contributed by atoms with Crippen LogP contribution in [0.3, 0.4) is 0 Å². The Morgan fingerprint density at radius 3 is 2.60 bits per heavy atom. The first-order valence-electron chi connectivity index (χ1n) is 6.69. The molecular formula is C16H14Br2N2. The molecule has 20 heavy (non-hydrogen) atoms. The van der Waals surface area contributed by atoms with E-state index in [4.69, 9.17) is 0 Å². The number of nitrogens with zero attached hydrogens (tertiary/aromatic N) is 2. The molecule has 2 aromatic rings. The van der Waals surface area contributed by atoms with Crippen LogP contribution in [-0.2, 0) is 13.1 Å². The number of hydrogen-bond donors (Lipinski definition) is 0. The Morgan fingerprint density at radius 2 is 1.75 bits per heavy atom. The zero-order chi connectivity index (χ0) is 13.9. The van der Waals surface area contributed by atoms with Gasteiger partial charge in [-0.2, -0.15) is 0 Å². The van der Waals surface area contributed by atoms with Gasteiger partial charge in [0.05, 0.1) is 12.4 Å². The van der Waals surface area contributed by atoms with E-state index >= 15 is 0 Å². The van der Waals surface area contributed by atoms with E-state index in [1.807, 2.05) is 0 Å². The minimum Gasteiger partial charge on any atom is -0.349 e. The zero-order valence-electron chi connectivity index (χ0n) is 11.2. The summed E-state index contributed by atoms with van der Waals surface area (Å²) in [5, 5.41) is 0. The lowest BCUT2D eigenvalue weighted by atomic mass is 10.0. The summed E-state index contributed by atoms with van der Waals surface area (Å²) < 4.78 is 2.31. The second-order valence-electron chi connectivity index (χ2n) is 5.56. The first-order chi connectivity index (χ1) is 9.61. The number of rotatable bonds is 0. The molecule has 2 aromatic carbocycles. The highest BCUT2D eigenvalue weighted by molar-refractivity contribution is 9.11. The van der Waals surface area contributed by atoms with Gasteiger partial charge in [-0.25, -0.2) is 0 Å². The molecule has 0 unspecified atom stereocenters. The van der Waals surface area contributed by atoms with E-state index < -0.39 is 0 Å². The Kier molecular flexibility index (Phi) is 2.86. The molecular weight excluding hydrogens is 380 g/mol. The number of aryl methyl sites for hydroxylation is 1. The molecule has 0 aromatic heterocycles. The third kappa shape index (κ3) is 1.89. The monoisotopic (exact) mass is 392 g/mol. The molecule has 2 aliphatic rings. The number of halogens is 2. The van der Waals surface area contributed by atoms with Crippen LogP contribution in [0, 0.1) is 6.92 Å². The lowest BCUT2D eigenvalue weighted by Gasteiger charge is -2.45. The fourth-order valence-corrected chi connectivity index (χ4v) is 4.84. The zero-order valence-corrected chi connectivity index (χ0v) is 14.3. The number of benzene rings is 2. The van der Waals surface area contributed by atoms with Crippen molar-refractivity contribution in [2.75, 3.05) is 16.5 Å². The Balaban J connectivity index is 1.86. The maximum atomic E-state index is 3.72. The fraction of sp³-hybridized carbons (Fsp3) is 0.250. The summed E-state index contributed by atoms with van der Waals surface area (Å²) in [4.78, 5) is 4.91. The molecule has 0 N–H and O–H groups in total. The summed E-state index contributed by atoms with van der Waals surface area (Å²) in [7, 11) is 0. The van der Waals surface area contributed by atoms with Crippen LogP contribution in [0.15, 0.2) is 39.3 Å². The third-order valence-electron chi connectivity index (χ3n) is 4.06. The van der Waals surface area contributed by atoms with E-state index in [-0.39, 0.29) is 0 Å². The molecule has 2 heterocycles. The van der Waals surface area contributed by atoms with Crippen LogP contribution >= 0.6 is 31.9 Å². The first-order valence-corrected chi connectivity index (χ1v) is 8.28. The smallest absolute Gasteiger partial charge is 0.0910 e. The molecule has 2 nitrogen and oxygen atoms in total. The Hall–Kier alpha value is -1.000. The van der Waals surface area contributed by atoms with E-state index in [9.17, 15) is 0 Å². The number of hydrogen-bond acceptors (Lipinski definition) is 2. The normalized spacial score (nSPS) is 15.9. The van der Waals surface area contributed by atoms with Gasteiger partial charge in [0.1, 0.15) is 0 Å². The molecule has 0 saturated carbocycles. The number of anilines is 2. The quantitative estimate of drug-likeness (QED) is 0.633. The molecule has 2 aliphatic heterocycles. The molecule has 102 valence electrons. The van der Waals surface area contributed by atoms with Gasteiger partial charge in [0.2, 0.25) is 0 Å². The van der Waals surface area contributed by atoms with Crippen molar-refractivity contribution < 1.29 is 0 Å². The van der Waals surface area contributed by atoms with E-state index in [0.717, 1.165) is 24.2 Å². The molecule has 0 radical (unpaired) electrons. The summed E-state index contributed by atoms with van der Waals surface area (Å²) in [5.41, 5.74) is 6.87. The molecule has 4 rings (SSSR count). The second-order valence-corrected chi connectivity index (χ2v) is 7.33. The Morgan fingerprint density at radius 1 is 0.950 bits per heavy atom. The van der Waals surface area contributed by atoms with E-state index in [1.54, 1.807) is 0 Å². The fourth-order valence-electron chi connectivity index (χ4n) is 3.27. The van der Waals surface area contributed by atoms with Crippen LogP contribution in [0.1, 0.15) is 16.7 Å². The number of fused-ring (bicyclic) bond motifs is 6. The molecule has 4 heteroatoms. The van der Waals surface area contributed by atoms with Crippen molar-refractivity contribution in [2.24, 2.45) is 0 Å². The molecule has 0 spiro atoms. The average molecular weight is 394 g/mol. The minimum absolute atomic E-state index is 0.972. The summed E-state index contributed by atoms with van der Waals surface area (Å²) in [6.07, 6.45) is 0. The molecule has 2 bridgehead atoms. The summed E-state index contributed by atoms with van der Waals surface area (Å²) in [6, 6.07) is 11.2. The SMILES string of the molecule is Cc1ccc2c(c1)CN1CN2Cc2cc(Br)cc(Br)c21.